The molecule has 2 aromatic carbocycles. The number of para-hydroxylation sites is 2. The Bertz CT molecular complexity index is 919. The molecule has 0 saturated heterocycles. The normalized spacial score (nSPS) is 10.7. The number of amides is 1. The number of ether oxygens (including phenoxy) is 1. The minimum atomic E-state index is -0.544. The van der Waals surface area contributed by atoms with Crippen LogP contribution in [0.3, 0.4) is 0 Å². The maximum Gasteiger partial charge on any atom is 0.306 e. The highest BCUT2D eigenvalue weighted by Gasteiger charge is 2.11. The fourth-order valence-corrected chi connectivity index (χ4v) is 2.32. The first-order valence-electron chi connectivity index (χ1n) is 8.07. The predicted octanol–water partition coefficient (Wildman–Crippen LogP) is 3.39. The summed E-state index contributed by atoms with van der Waals surface area (Å²) in [5.74, 6) is -1.07. The van der Waals surface area contributed by atoms with E-state index in [-0.39, 0.29) is 12.8 Å². The van der Waals surface area contributed by atoms with Gasteiger partial charge in [-0.15, -0.1) is 0 Å². The van der Waals surface area contributed by atoms with Crippen molar-refractivity contribution in [2.24, 2.45) is 0 Å². The molecule has 3 rings (SSSR count). The summed E-state index contributed by atoms with van der Waals surface area (Å²) in [5.41, 5.74) is 2.16. The second-order valence-electron chi connectivity index (χ2n) is 5.75. The number of esters is 1. The molecule has 26 heavy (non-hydrogen) atoms. The Balaban J connectivity index is 1.44. The Morgan fingerprint density at radius 3 is 2.81 bits per heavy atom. The van der Waals surface area contributed by atoms with Gasteiger partial charge < -0.3 is 14.5 Å². The summed E-state index contributed by atoms with van der Waals surface area (Å²) in [4.78, 5) is 27.8. The van der Waals surface area contributed by atoms with Gasteiger partial charge in [0.1, 0.15) is 11.3 Å². The zero-order valence-electron chi connectivity index (χ0n) is 14.1. The zero-order valence-corrected chi connectivity index (χ0v) is 14.1. The van der Waals surface area contributed by atoms with Crippen LogP contribution in [0.2, 0.25) is 0 Å². The van der Waals surface area contributed by atoms with Gasteiger partial charge in [-0.05, 0) is 36.8 Å². The van der Waals surface area contributed by atoms with Crippen LogP contribution in [0.1, 0.15) is 17.9 Å². The molecule has 0 aliphatic carbocycles. The van der Waals surface area contributed by atoms with E-state index in [4.69, 9.17) is 9.15 Å². The van der Waals surface area contributed by atoms with Gasteiger partial charge in [-0.2, -0.15) is 0 Å². The summed E-state index contributed by atoms with van der Waals surface area (Å²) in [6, 6.07) is 11.6. The van der Waals surface area contributed by atoms with Gasteiger partial charge in [0.15, 0.2) is 18.1 Å². The van der Waals surface area contributed by atoms with Crippen molar-refractivity contribution in [2.75, 3.05) is 11.9 Å². The lowest BCUT2D eigenvalue weighted by Gasteiger charge is -2.07. The maximum absolute atomic E-state index is 13.4. The topological polar surface area (TPSA) is 81.4 Å². The summed E-state index contributed by atoms with van der Waals surface area (Å²) < 4.78 is 23.9. The molecule has 7 heteroatoms. The lowest BCUT2D eigenvalue weighted by molar-refractivity contribution is -0.147. The van der Waals surface area contributed by atoms with E-state index < -0.39 is 24.3 Å². The van der Waals surface area contributed by atoms with Crippen LogP contribution in [0, 0.1) is 12.7 Å². The predicted molar refractivity (Wildman–Crippen MR) is 93.1 cm³/mol. The van der Waals surface area contributed by atoms with Crippen molar-refractivity contribution in [3.8, 4) is 0 Å². The number of aryl methyl sites for hydroxylation is 2. The molecular formula is C19H17FN2O4. The monoisotopic (exact) mass is 356 g/mol. The van der Waals surface area contributed by atoms with Crippen LogP contribution in [0.5, 0.6) is 0 Å². The number of hydrogen-bond acceptors (Lipinski definition) is 5. The van der Waals surface area contributed by atoms with E-state index in [1.165, 1.54) is 6.07 Å². The van der Waals surface area contributed by atoms with Crippen molar-refractivity contribution in [2.45, 2.75) is 19.8 Å². The van der Waals surface area contributed by atoms with Crippen LogP contribution in [0.15, 0.2) is 46.9 Å². The number of carbonyl (C=O) groups excluding carboxylic acids is 2. The Kier molecular flexibility index (Phi) is 5.26. The first-order valence-corrected chi connectivity index (χ1v) is 8.07. The smallest absolute Gasteiger partial charge is 0.306 e. The number of carbonyl (C=O) groups is 2. The molecule has 6 nitrogen and oxygen atoms in total. The molecule has 0 atom stereocenters. The molecule has 0 saturated carbocycles. The second-order valence-corrected chi connectivity index (χ2v) is 5.75. The van der Waals surface area contributed by atoms with E-state index in [9.17, 15) is 14.0 Å². The lowest BCUT2D eigenvalue weighted by atomic mass is 10.2. The van der Waals surface area contributed by atoms with Gasteiger partial charge in [-0.25, -0.2) is 9.37 Å². The van der Waals surface area contributed by atoms with Crippen LogP contribution in [0.25, 0.3) is 11.1 Å². The number of benzene rings is 2. The third-order valence-electron chi connectivity index (χ3n) is 3.70. The van der Waals surface area contributed by atoms with Crippen molar-refractivity contribution < 1.29 is 23.1 Å². The summed E-state index contributed by atoms with van der Waals surface area (Å²) in [6.45, 7) is 1.18. The fourth-order valence-electron chi connectivity index (χ4n) is 2.32. The molecule has 134 valence electrons. The van der Waals surface area contributed by atoms with Crippen LogP contribution < -0.4 is 5.32 Å². The summed E-state index contributed by atoms with van der Waals surface area (Å²) in [7, 11) is 0. The molecular weight excluding hydrogens is 339 g/mol. The van der Waals surface area contributed by atoms with Gasteiger partial charge in [-0.1, -0.05) is 18.2 Å². The highest BCUT2D eigenvalue weighted by molar-refractivity contribution is 5.92. The van der Waals surface area contributed by atoms with Crippen molar-refractivity contribution in [1.82, 2.24) is 4.98 Å². The molecule has 0 bridgehead atoms. The first-order chi connectivity index (χ1) is 12.5. The van der Waals surface area contributed by atoms with E-state index in [0.29, 0.717) is 22.7 Å². The molecule has 0 spiro atoms. The number of oxazole rings is 1. The highest BCUT2D eigenvalue weighted by atomic mass is 19.1. The molecule has 0 unspecified atom stereocenters. The quantitative estimate of drug-likeness (QED) is 0.685. The lowest BCUT2D eigenvalue weighted by Crippen LogP contribution is -2.21. The van der Waals surface area contributed by atoms with Gasteiger partial charge in [-0.3, -0.25) is 9.59 Å². The summed E-state index contributed by atoms with van der Waals surface area (Å²) in [5, 5.41) is 2.47. The largest absolute Gasteiger partial charge is 0.456 e. The Morgan fingerprint density at radius 1 is 1.23 bits per heavy atom. The van der Waals surface area contributed by atoms with Gasteiger partial charge in [0.2, 0.25) is 0 Å². The van der Waals surface area contributed by atoms with Crippen molar-refractivity contribution in [3.63, 3.8) is 0 Å². The number of rotatable bonds is 6. The molecule has 3 aromatic rings. The standard InChI is InChI=1S/C19H17FN2O4/c1-12-6-7-13(10-14(12)20)21-17(23)11-25-19(24)9-8-18-22-15-4-2-3-5-16(15)26-18/h2-7,10H,8-9,11H2,1H3,(H,21,23). The van der Waals surface area contributed by atoms with Gasteiger partial charge in [0, 0.05) is 12.1 Å². The van der Waals surface area contributed by atoms with Crippen molar-refractivity contribution in [3.05, 3.63) is 59.7 Å². The molecule has 1 N–H and O–H groups in total. The Hall–Kier alpha value is -3.22. The molecule has 0 aliphatic heterocycles. The number of hydrogen-bond donors (Lipinski definition) is 1. The molecule has 1 aromatic heterocycles. The number of nitrogens with one attached hydrogen (secondary N) is 1. The third kappa shape index (κ3) is 4.44. The van der Waals surface area contributed by atoms with Gasteiger partial charge in [0.25, 0.3) is 5.91 Å². The average Bonchev–Trinajstić information content (AvgIpc) is 3.04. The van der Waals surface area contributed by atoms with Crippen LogP contribution in [0.4, 0.5) is 10.1 Å². The third-order valence-corrected chi connectivity index (χ3v) is 3.70. The maximum atomic E-state index is 13.4. The number of fused-ring (bicyclic) bond motifs is 1. The first kappa shape index (κ1) is 17.6. The average molecular weight is 356 g/mol. The molecule has 0 aliphatic rings. The minimum absolute atomic E-state index is 0.0409. The molecule has 0 fully saturated rings. The van der Waals surface area contributed by atoms with Crippen molar-refractivity contribution in [1.29, 1.82) is 0 Å². The van der Waals surface area contributed by atoms with E-state index in [1.54, 1.807) is 25.1 Å². The summed E-state index contributed by atoms with van der Waals surface area (Å²) >= 11 is 0. The van der Waals surface area contributed by atoms with Crippen molar-refractivity contribution >= 4 is 28.7 Å². The van der Waals surface area contributed by atoms with Crippen LogP contribution in [-0.4, -0.2) is 23.5 Å². The van der Waals surface area contributed by atoms with E-state index in [0.717, 1.165) is 5.52 Å². The number of aromatic nitrogens is 1. The number of halogens is 1. The van der Waals surface area contributed by atoms with Gasteiger partial charge >= 0.3 is 5.97 Å². The van der Waals surface area contributed by atoms with E-state index in [1.807, 2.05) is 18.2 Å². The Labute approximate surface area is 149 Å². The second kappa shape index (κ2) is 7.77. The zero-order chi connectivity index (χ0) is 18.5. The van der Waals surface area contributed by atoms with Gasteiger partial charge in [0.05, 0.1) is 6.42 Å². The minimum Gasteiger partial charge on any atom is -0.456 e. The molecule has 1 heterocycles. The Morgan fingerprint density at radius 2 is 2.04 bits per heavy atom. The number of nitrogens with zero attached hydrogens (tertiary/aromatic N) is 1. The molecule has 1 amide bonds. The number of anilines is 1. The van der Waals surface area contributed by atoms with E-state index in [2.05, 4.69) is 10.3 Å². The highest BCUT2D eigenvalue weighted by Crippen LogP contribution is 2.16. The van der Waals surface area contributed by atoms with E-state index >= 15 is 0 Å². The molecule has 0 radical (unpaired) electrons. The van der Waals surface area contributed by atoms with Crippen LogP contribution in [-0.2, 0) is 20.7 Å². The SMILES string of the molecule is Cc1ccc(NC(=O)COC(=O)CCc2nc3ccccc3o2)cc1F. The van der Waals surface area contributed by atoms with Crippen LogP contribution >= 0.6 is 0 Å². The summed E-state index contributed by atoms with van der Waals surface area (Å²) in [6.07, 6.45) is 0.317. The fraction of sp³-hybridized carbons (Fsp3) is 0.211.